The summed E-state index contributed by atoms with van der Waals surface area (Å²) in [5.41, 5.74) is 5.41. The van der Waals surface area contributed by atoms with Crippen LogP contribution in [0.1, 0.15) is 33.6 Å². The smallest absolute Gasteiger partial charge is 0.244 e. The molecule has 1 aliphatic rings. The molecule has 20 heavy (non-hydrogen) atoms. The highest BCUT2D eigenvalue weighted by molar-refractivity contribution is 5.92. The SMILES string of the molecule is CC(N)C(=O)NC(C)C(=O)NC(C)C(=O)N1CCCC1. The minimum Gasteiger partial charge on any atom is -0.343 e. The number of nitrogens with zero attached hydrogens (tertiary/aromatic N) is 1. The highest BCUT2D eigenvalue weighted by Gasteiger charge is 2.26. The number of likely N-dealkylation sites (tertiary alicyclic amines) is 1. The van der Waals surface area contributed by atoms with Crippen LogP contribution < -0.4 is 16.4 Å². The molecule has 114 valence electrons. The van der Waals surface area contributed by atoms with Gasteiger partial charge in [0.2, 0.25) is 17.7 Å². The van der Waals surface area contributed by atoms with Gasteiger partial charge in [0.25, 0.3) is 0 Å². The lowest BCUT2D eigenvalue weighted by atomic mass is 10.2. The summed E-state index contributed by atoms with van der Waals surface area (Å²) in [6, 6.07) is -1.98. The molecule has 1 fully saturated rings. The van der Waals surface area contributed by atoms with E-state index in [2.05, 4.69) is 10.6 Å². The van der Waals surface area contributed by atoms with E-state index in [1.165, 1.54) is 0 Å². The molecular weight excluding hydrogens is 260 g/mol. The minimum atomic E-state index is -0.720. The van der Waals surface area contributed by atoms with Crippen LogP contribution in [0.15, 0.2) is 0 Å². The molecule has 1 rings (SSSR count). The van der Waals surface area contributed by atoms with Gasteiger partial charge in [-0.25, -0.2) is 0 Å². The Bertz CT molecular complexity index is 378. The van der Waals surface area contributed by atoms with Crippen molar-refractivity contribution < 1.29 is 14.4 Å². The van der Waals surface area contributed by atoms with E-state index in [0.29, 0.717) is 0 Å². The van der Waals surface area contributed by atoms with E-state index in [1.807, 2.05) is 0 Å². The zero-order valence-electron chi connectivity index (χ0n) is 12.3. The highest BCUT2D eigenvalue weighted by Crippen LogP contribution is 2.08. The molecule has 4 N–H and O–H groups in total. The molecule has 3 amide bonds. The Morgan fingerprint density at radius 1 is 0.950 bits per heavy atom. The maximum Gasteiger partial charge on any atom is 0.244 e. The van der Waals surface area contributed by atoms with E-state index in [0.717, 1.165) is 25.9 Å². The van der Waals surface area contributed by atoms with E-state index in [-0.39, 0.29) is 11.8 Å². The van der Waals surface area contributed by atoms with Gasteiger partial charge in [-0.05, 0) is 33.6 Å². The van der Waals surface area contributed by atoms with Crippen LogP contribution in [0.2, 0.25) is 0 Å². The van der Waals surface area contributed by atoms with Gasteiger partial charge in [0.05, 0.1) is 6.04 Å². The summed E-state index contributed by atoms with van der Waals surface area (Å²) in [4.78, 5) is 37.1. The second-order valence-corrected chi connectivity index (χ2v) is 5.28. The van der Waals surface area contributed by atoms with Crippen molar-refractivity contribution >= 4 is 17.7 Å². The fraction of sp³-hybridized carbons (Fsp3) is 0.769. The fourth-order valence-electron chi connectivity index (χ4n) is 2.02. The van der Waals surface area contributed by atoms with Crippen molar-refractivity contribution in [2.75, 3.05) is 13.1 Å². The molecule has 3 atom stereocenters. The van der Waals surface area contributed by atoms with Gasteiger partial charge in [-0.2, -0.15) is 0 Å². The van der Waals surface area contributed by atoms with E-state index in [1.54, 1.807) is 25.7 Å². The minimum absolute atomic E-state index is 0.0819. The lowest BCUT2D eigenvalue weighted by Gasteiger charge is -2.23. The molecule has 3 unspecified atom stereocenters. The van der Waals surface area contributed by atoms with Crippen LogP contribution in [-0.4, -0.2) is 53.8 Å². The Morgan fingerprint density at radius 3 is 1.95 bits per heavy atom. The highest BCUT2D eigenvalue weighted by atomic mass is 16.2. The summed E-state index contributed by atoms with van der Waals surface area (Å²) in [5, 5.41) is 5.11. The molecule has 1 saturated heterocycles. The summed E-state index contributed by atoms with van der Waals surface area (Å²) in [6.45, 7) is 6.24. The quantitative estimate of drug-likeness (QED) is 0.600. The van der Waals surface area contributed by atoms with Crippen LogP contribution in [0.25, 0.3) is 0 Å². The fourth-order valence-corrected chi connectivity index (χ4v) is 2.02. The van der Waals surface area contributed by atoms with Gasteiger partial charge in [-0.1, -0.05) is 0 Å². The third-order valence-electron chi connectivity index (χ3n) is 3.31. The van der Waals surface area contributed by atoms with Crippen molar-refractivity contribution in [3.8, 4) is 0 Å². The number of hydrogen-bond acceptors (Lipinski definition) is 4. The molecule has 7 heteroatoms. The molecular formula is C13H24N4O3. The number of carbonyl (C=O) groups is 3. The van der Waals surface area contributed by atoms with Crippen molar-refractivity contribution in [2.45, 2.75) is 51.7 Å². The van der Waals surface area contributed by atoms with Crippen molar-refractivity contribution in [3.63, 3.8) is 0 Å². The average Bonchev–Trinajstić information content (AvgIpc) is 2.90. The largest absolute Gasteiger partial charge is 0.343 e. The molecule has 0 radical (unpaired) electrons. The molecule has 0 bridgehead atoms. The van der Waals surface area contributed by atoms with Gasteiger partial charge >= 0.3 is 0 Å². The summed E-state index contributed by atoms with van der Waals surface area (Å²) in [5.74, 6) is -0.869. The molecule has 0 aromatic heterocycles. The van der Waals surface area contributed by atoms with Crippen LogP contribution in [-0.2, 0) is 14.4 Å². The van der Waals surface area contributed by atoms with Crippen molar-refractivity contribution in [1.29, 1.82) is 0 Å². The van der Waals surface area contributed by atoms with Gasteiger partial charge in [-0.15, -0.1) is 0 Å². The van der Waals surface area contributed by atoms with Crippen molar-refractivity contribution in [2.24, 2.45) is 5.73 Å². The Morgan fingerprint density at radius 2 is 1.45 bits per heavy atom. The first-order chi connectivity index (χ1) is 9.32. The Kier molecular flexibility index (Phi) is 5.94. The maximum absolute atomic E-state index is 12.0. The number of hydrogen-bond donors (Lipinski definition) is 3. The molecule has 1 heterocycles. The zero-order chi connectivity index (χ0) is 15.3. The molecule has 0 aliphatic carbocycles. The van der Waals surface area contributed by atoms with Crippen LogP contribution in [0.3, 0.4) is 0 Å². The summed E-state index contributed by atoms with van der Waals surface area (Å²) in [7, 11) is 0. The number of amides is 3. The van der Waals surface area contributed by atoms with Crippen LogP contribution in [0.4, 0.5) is 0 Å². The monoisotopic (exact) mass is 284 g/mol. The molecule has 7 nitrogen and oxygen atoms in total. The summed E-state index contributed by atoms with van der Waals surface area (Å²) in [6.07, 6.45) is 2.01. The third-order valence-corrected chi connectivity index (χ3v) is 3.31. The van der Waals surface area contributed by atoms with Gasteiger partial charge < -0.3 is 21.3 Å². The Balaban J connectivity index is 2.43. The zero-order valence-corrected chi connectivity index (χ0v) is 12.3. The normalized spacial score (nSPS) is 19.1. The first-order valence-corrected chi connectivity index (χ1v) is 6.98. The van der Waals surface area contributed by atoms with Gasteiger partial charge in [-0.3, -0.25) is 14.4 Å². The van der Waals surface area contributed by atoms with E-state index < -0.39 is 24.0 Å². The van der Waals surface area contributed by atoms with Crippen LogP contribution >= 0.6 is 0 Å². The summed E-state index contributed by atoms with van der Waals surface area (Å²) >= 11 is 0. The number of carbonyl (C=O) groups excluding carboxylic acids is 3. The topological polar surface area (TPSA) is 105 Å². The second-order valence-electron chi connectivity index (χ2n) is 5.28. The van der Waals surface area contributed by atoms with Crippen LogP contribution in [0, 0.1) is 0 Å². The molecule has 0 saturated carbocycles. The third kappa shape index (κ3) is 4.48. The number of rotatable bonds is 5. The lowest BCUT2D eigenvalue weighted by Crippen LogP contribution is -2.53. The first-order valence-electron chi connectivity index (χ1n) is 6.98. The number of nitrogens with two attached hydrogens (primary N) is 1. The van der Waals surface area contributed by atoms with Crippen molar-refractivity contribution in [1.82, 2.24) is 15.5 Å². The lowest BCUT2D eigenvalue weighted by molar-refractivity contribution is -0.136. The molecule has 0 aromatic rings. The standard InChI is InChI=1S/C13H24N4O3/c1-8(14)11(18)15-9(2)12(19)16-10(3)13(20)17-6-4-5-7-17/h8-10H,4-7,14H2,1-3H3,(H,15,18)(H,16,19). The molecule has 1 aliphatic heterocycles. The van der Waals surface area contributed by atoms with E-state index in [9.17, 15) is 14.4 Å². The first kappa shape index (κ1) is 16.4. The Hall–Kier alpha value is -1.63. The second kappa shape index (κ2) is 7.23. The molecule has 0 aromatic carbocycles. The Labute approximate surface area is 119 Å². The van der Waals surface area contributed by atoms with Gasteiger partial charge in [0.15, 0.2) is 0 Å². The summed E-state index contributed by atoms with van der Waals surface area (Å²) < 4.78 is 0. The molecule has 0 spiro atoms. The van der Waals surface area contributed by atoms with Crippen LogP contribution in [0.5, 0.6) is 0 Å². The maximum atomic E-state index is 12.0. The van der Waals surface area contributed by atoms with Crippen molar-refractivity contribution in [3.05, 3.63) is 0 Å². The van der Waals surface area contributed by atoms with E-state index in [4.69, 9.17) is 5.73 Å². The van der Waals surface area contributed by atoms with Gasteiger partial charge in [0.1, 0.15) is 12.1 Å². The predicted molar refractivity (Wildman–Crippen MR) is 74.7 cm³/mol. The van der Waals surface area contributed by atoms with Gasteiger partial charge in [0, 0.05) is 13.1 Å². The number of nitrogens with one attached hydrogen (secondary N) is 2. The predicted octanol–water partition coefficient (Wildman–Crippen LogP) is -1.03. The van der Waals surface area contributed by atoms with E-state index >= 15 is 0 Å². The average molecular weight is 284 g/mol.